The first-order valence-electron chi connectivity index (χ1n) is 5.28. The zero-order valence-corrected chi connectivity index (χ0v) is 10.8. The Morgan fingerprint density at radius 2 is 2.20 bits per heavy atom. The summed E-state index contributed by atoms with van der Waals surface area (Å²) in [7, 11) is 0. The highest BCUT2D eigenvalue weighted by atomic mass is 32.1. The maximum absolute atomic E-state index is 12.5. The van der Waals surface area contributed by atoms with E-state index in [0.717, 1.165) is 22.1 Å². The molecule has 6 nitrogen and oxygen atoms in total. The van der Waals surface area contributed by atoms with Crippen molar-refractivity contribution in [3.8, 4) is 5.00 Å². The molecule has 2 aromatic heterocycles. The fourth-order valence-electron chi connectivity index (χ4n) is 1.47. The van der Waals surface area contributed by atoms with Crippen molar-refractivity contribution in [3.63, 3.8) is 0 Å². The maximum Gasteiger partial charge on any atom is 0.419 e. The number of thiophene rings is 1. The second kappa shape index (κ2) is 4.87. The number of hydrogen-bond acceptors (Lipinski definition) is 5. The lowest BCUT2D eigenvalue weighted by Gasteiger charge is -2.00. The average Bonchev–Trinajstić information content (AvgIpc) is 2.94. The van der Waals surface area contributed by atoms with Crippen LogP contribution in [-0.2, 0) is 6.18 Å². The molecule has 20 heavy (non-hydrogen) atoms. The number of aromatic nitrogens is 2. The zero-order valence-electron chi connectivity index (χ0n) is 9.96. The normalized spacial score (nSPS) is 13.4. The third-order valence-electron chi connectivity index (χ3n) is 2.44. The molecule has 0 saturated carbocycles. The van der Waals surface area contributed by atoms with Crippen molar-refractivity contribution in [2.75, 3.05) is 0 Å². The molecule has 2 rings (SSSR count). The molecule has 0 aromatic carbocycles. The minimum atomic E-state index is -4.57. The molecular formula is C10H8F3N3O3S. The zero-order chi connectivity index (χ0) is 15.1. The van der Waals surface area contributed by atoms with E-state index in [1.165, 1.54) is 6.92 Å². The summed E-state index contributed by atoms with van der Waals surface area (Å²) in [6.45, 7) is 1.41. The van der Waals surface area contributed by atoms with E-state index in [1.807, 2.05) is 0 Å². The van der Waals surface area contributed by atoms with Gasteiger partial charge in [0.2, 0.25) is 0 Å². The van der Waals surface area contributed by atoms with E-state index in [2.05, 4.69) is 5.10 Å². The molecular weight excluding hydrogens is 299 g/mol. The quantitative estimate of drug-likeness (QED) is 0.698. The monoisotopic (exact) mass is 307 g/mol. The number of aliphatic hydroxyl groups excluding tert-OH is 1. The van der Waals surface area contributed by atoms with Crippen LogP contribution >= 0.6 is 11.3 Å². The van der Waals surface area contributed by atoms with Gasteiger partial charge in [-0.15, -0.1) is 11.3 Å². The first-order chi connectivity index (χ1) is 9.20. The topological polar surface area (TPSA) is 81.2 Å². The lowest BCUT2D eigenvalue weighted by atomic mass is 10.3. The lowest BCUT2D eigenvalue weighted by Crippen LogP contribution is -2.03. The summed E-state index contributed by atoms with van der Waals surface area (Å²) in [5.41, 5.74) is -1.40. The molecule has 2 heterocycles. The molecule has 0 radical (unpaired) electrons. The molecule has 108 valence electrons. The smallest absolute Gasteiger partial charge is 0.388 e. The van der Waals surface area contributed by atoms with Crippen LogP contribution in [0.5, 0.6) is 0 Å². The van der Waals surface area contributed by atoms with E-state index in [0.29, 0.717) is 12.4 Å². The van der Waals surface area contributed by atoms with Crippen LogP contribution in [0, 0.1) is 10.1 Å². The molecule has 0 fully saturated rings. The van der Waals surface area contributed by atoms with Gasteiger partial charge < -0.3 is 5.11 Å². The second-order valence-electron chi connectivity index (χ2n) is 3.94. The number of aliphatic hydroxyl groups is 1. The summed E-state index contributed by atoms with van der Waals surface area (Å²) >= 11 is 0.814. The number of rotatable bonds is 3. The van der Waals surface area contributed by atoms with Gasteiger partial charge in [0.15, 0.2) is 5.00 Å². The summed E-state index contributed by atoms with van der Waals surface area (Å²) in [6, 6.07) is 1.12. The van der Waals surface area contributed by atoms with Crippen LogP contribution in [0.25, 0.3) is 5.00 Å². The summed E-state index contributed by atoms with van der Waals surface area (Å²) in [6.07, 6.45) is -4.27. The van der Waals surface area contributed by atoms with Gasteiger partial charge in [-0.3, -0.25) is 10.1 Å². The molecule has 0 saturated heterocycles. The lowest BCUT2D eigenvalue weighted by molar-refractivity contribution is -0.384. The first kappa shape index (κ1) is 14.5. The van der Waals surface area contributed by atoms with Gasteiger partial charge in [0.1, 0.15) is 0 Å². The van der Waals surface area contributed by atoms with E-state index in [9.17, 15) is 28.4 Å². The van der Waals surface area contributed by atoms with Crippen molar-refractivity contribution in [2.45, 2.75) is 19.2 Å². The molecule has 0 aliphatic rings. The highest BCUT2D eigenvalue weighted by molar-refractivity contribution is 7.15. The number of nitrogens with zero attached hydrogens (tertiary/aromatic N) is 3. The van der Waals surface area contributed by atoms with E-state index >= 15 is 0 Å². The molecule has 0 bridgehead atoms. The van der Waals surface area contributed by atoms with Crippen LogP contribution in [-0.4, -0.2) is 19.8 Å². The third-order valence-corrected chi connectivity index (χ3v) is 3.72. The fourth-order valence-corrected chi connectivity index (χ4v) is 2.47. The maximum atomic E-state index is 12.5. The third kappa shape index (κ3) is 2.65. The molecule has 1 atom stereocenters. The van der Waals surface area contributed by atoms with Crippen molar-refractivity contribution in [2.24, 2.45) is 0 Å². The van der Waals surface area contributed by atoms with Gasteiger partial charge in [-0.25, -0.2) is 4.68 Å². The van der Waals surface area contributed by atoms with Crippen LogP contribution in [0.1, 0.15) is 23.5 Å². The van der Waals surface area contributed by atoms with E-state index in [4.69, 9.17) is 0 Å². The minimum Gasteiger partial charge on any atom is -0.388 e. The fraction of sp³-hybridized carbons (Fsp3) is 0.300. The minimum absolute atomic E-state index is 0.0820. The predicted octanol–water partition coefficient (Wildman–Crippen LogP) is 2.91. The molecule has 10 heteroatoms. The van der Waals surface area contributed by atoms with Crippen LogP contribution in [0.2, 0.25) is 0 Å². The van der Waals surface area contributed by atoms with Crippen molar-refractivity contribution in [1.29, 1.82) is 0 Å². The molecule has 0 spiro atoms. The van der Waals surface area contributed by atoms with Gasteiger partial charge in [0.05, 0.1) is 22.8 Å². The highest BCUT2D eigenvalue weighted by Crippen LogP contribution is 2.37. The Hall–Kier alpha value is -1.94. The Morgan fingerprint density at radius 1 is 1.55 bits per heavy atom. The van der Waals surface area contributed by atoms with E-state index in [1.54, 1.807) is 0 Å². The van der Waals surface area contributed by atoms with Crippen LogP contribution < -0.4 is 0 Å². The second-order valence-corrected chi connectivity index (χ2v) is 5.01. The van der Waals surface area contributed by atoms with Crippen molar-refractivity contribution in [3.05, 3.63) is 39.0 Å². The van der Waals surface area contributed by atoms with E-state index < -0.39 is 28.5 Å². The van der Waals surface area contributed by atoms with Gasteiger partial charge in [-0.1, -0.05) is 0 Å². The Bertz CT molecular complexity index is 648. The molecule has 0 aliphatic heterocycles. The van der Waals surface area contributed by atoms with Crippen molar-refractivity contribution in [1.82, 2.24) is 9.78 Å². The molecule has 0 amide bonds. The Morgan fingerprint density at radius 3 is 2.65 bits per heavy atom. The van der Waals surface area contributed by atoms with Crippen molar-refractivity contribution < 1.29 is 23.2 Å². The Labute approximate surface area is 114 Å². The average molecular weight is 307 g/mol. The van der Waals surface area contributed by atoms with E-state index in [-0.39, 0.29) is 9.88 Å². The number of nitro groups is 1. The highest BCUT2D eigenvalue weighted by Gasteiger charge is 2.33. The van der Waals surface area contributed by atoms with Gasteiger partial charge in [-0.2, -0.15) is 18.3 Å². The van der Waals surface area contributed by atoms with Gasteiger partial charge >= 0.3 is 11.9 Å². The summed E-state index contributed by atoms with van der Waals surface area (Å²) in [5.74, 6) is 0. The molecule has 1 N–H and O–H groups in total. The molecule has 0 unspecified atom stereocenters. The van der Waals surface area contributed by atoms with Gasteiger partial charge in [0, 0.05) is 17.1 Å². The molecule has 2 aromatic rings. The molecule has 0 aliphatic carbocycles. The van der Waals surface area contributed by atoms with Crippen LogP contribution in [0.3, 0.4) is 0 Å². The van der Waals surface area contributed by atoms with Gasteiger partial charge in [-0.05, 0) is 6.92 Å². The summed E-state index contributed by atoms with van der Waals surface area (Å²) in [5, 5.41) is 23.7. The predicted molar refractivity (Wildman–Crippen MR) is 63.7 cm³/mol. The number of halogens is 3. The SMILES string of the molecule is C[C@@H](O)c1cc([N+](=O)[O-])c(-n2cc(C(F)(F)F)cn2)s1. The summed E-state index contributed by atoms with van der Waals surface area (Å²) < 4.78 is 38.2. The van der Waals surface area contributed by atoms with Gasteiger partial charge in [0.25, 0.3) is 0 Å². The van der Waals surface area contributed by atoms with Crippen LogP contribution in [0.15, 0.2) is 18.5 Å². The summed E-state index contributed by atoms with van der Waals surface area (Å²) in [4.78, 5) is 10.4. The number of hydrogen-bond donors (Lipinski definition) is 1. The van der Waals surface area contributed by atoms with Crippen LogP contribution in [0.4, 0.5) is 18.9 Å². The standard InChI is InChI=1S/C10H8F3N3O3S/c1-5(17)8-2-7(16(18)19)9(20-8)15-4-6(3-14-15)10(11,12)13/h2-5,17H,1H3/t5-/m1/s1. The van der Waals surface area contributed by atoms with Crippen molar-refractivity contribution >= 4 is 17.0 Å². The Balaban J connectivity index is 2.51. The largest absolute Gasteiger partial charge is 0.419 e. The first-order valence-corrected chi connectivity index (χ1v) is 6.10. The number of alkyl halides is 3. The Kier molecular flexibility index (Phi) is 3.52.